The Hall–Kier alpha value is -1.32. The standard InChI is InChI=1S/C24H36F2O7/c1-20(6-4-3-5-7-20)33-18(27)13-32-24-12-17-10-22(29,15-24)14-23(11-17,16-24)31-9-8-30-19(28)21(2,25)26/h17,29H,3-16H2,1-2H3. The van der Waals surface area contributed by atoms with Gasteiger partial charge in [-0.15, -0.1) is 0 Å². The van der Waals surface area contributed by atoms with Gasteiger partial charge in [-0.05, 0) is 57.8 Å². The van der Waals surface area contributed by atoms with Crippen molar-refractivity contribution in [1.29, 1.82) is 0 Å². The second kappa shape index (κ2) is 8.72. The first-order valence-electron chi connectivity index (χ1n) is 12.1. The maximum absolute atomic E-state index is 13.0. The largest absolute Gasteiger partial charge is 0.459 e. The second-order valence-electron chi connectivity index (χ2n) is 11.2. The van der Waals surface area contributed by atoms with Crippen LogP contribution in [0, 0.1) is 5.92 Å². The van der Waals surface area contributed by atoms with Gasteiger partial charge < -0.3 is 24.1 Å². The summed E-state index contributed by atoms with van der Waals surface area (Å²) in [6, 6.07) is 0. The minimum absolute atomic E-state index is 0.0406. The van der Waals surface area contributed by atoms with Crippen LogP contribution in [0.1, 0.15) is 84.5 Å². The van der Waals surface area contributed by atoms with Gasteiger partial charge >= 0.3 is 17.9 Å². The smallest absolute Gasteiger partial charge is 0.376 e. The van der Waals surface area contributed by atoms with Crippen molar-refractivity contribution in [2.75, 3.05) is 19.8 Å². The topological polar surface area (TPSA) is 91.3 Å². The van der Waals surface area contributed by atoms with Gasteiger partial charge in [0.15, 0.2) is 0 Å². The average molecular weight is 475 g/mol. The molecule has 33 heavy (non-hydrogen) atoms. The molecule has 4 atom stereocenters. The van der Waals surface area contributed by atoms with Gasteiger partial charge in [0.05, 0.1) is 23.4 Å². The van der Waals surface area contributed by atoms with E-state index < -0.39 is 34.3 Å². The Balaban J connectivity index is 1.34. The van der Waals surface area contributed by atoms with Crippen molar-refractivity contribution in [3.63, 3.8) is 0 Å². The summed E-state index contributed by atoms with van der Waals surface area (Å²) >= 11 is 0. The van der Waals surface area contributed by atoms with E-state index in [0.717, 1.165) is 44.9 Å². The summed E-state index contributed by atoms with van der Waals surface area (Å²) in [6.45, 7) is 1.97. The highest BCUT2D eigenvalue weighted by Gasteiger charge is 2.64. The molecule has 0 amide bonds. The summed E-state index contributed by atoms with van der Waals surface area (Å²) in [5.41, 5.74) is -2.76. The lowest BCUT2D eigenvalue weighted by molar-refractivity contribution is -0.282. The van der Waals surface area contributed by atoms with Crippen LogP contribution >= 0.6 is 0 Å². The monoisotopic (exact) mass is 474 g/mol. The van der Waals surface area contributed by atoms with Gasteiger partial charge in [-0.2, -0.15) is 8.78 Å². The van der Waals surface area contributed by atoms with Gasteiger partial charge in [0, 0.05) is 26.2 Å². The molecule has 0 radical (unpaired) electrons. The predicted octanol–water partition coefficient (Wildman–Crippen LogP) is 3.69. The molecular formula is C24H36F2O7. The van der Waals surface area contributed by atoms with Crippen LogP contribution in [0.5, 0.6) is 0 Å². The Labute approximate surface area is 193 Å². The van der Waals surface area contributed by atoms with Gasteiger partial charge in [0.25, 0.3) is 0 Å². The van der Waals surface area contributed by atoms with Crippen LogP contribution in [0.15, 0.2) is 0 Å². The molecule has 7 nitrogen and oxygen atoms in total. The zero-order valence-corrected chi connectivity index (χ0v) is 19.6. The molecule has 0 aromatic rings. The zero-order chi connectivity index (χ0) is 24.0. The van der Waals surface area contributed by atoms with E-state index in [0.29, 0.717) is 32.6 Å². The quantitative estimate of drug-likeness (QED) is 0.403. The van der Waals surface area contributed by atoms with E-state index in [4.69, 9.17) is 14.2 Å². The molecule has 0 spiro atoms. The Morgan fingerprint density at radius 1 is 0.970 bits per heavy atom. The maximum Gasteiger partial charge on any atom is 0.376 e. The Morgan fingerprint density at radius 2 is 1.61 bits per heavy atom. The van der Waals surface area contributed by atoms with Gasteiger partial charge in [-0.1, -0.05) is 6.42 Å². The van der Waals surface area contributed by atoms with E-state index in [2.05, 4.69) is 4.74 Å². The minimum Gasteiger partial charge on any atom is -0.459 e. The van der Waals surface area contributed by atoms with E-state index >= 15 is 0 Å². The molecule has 188 valence electrons. The fraction of sp³-hybridized carbons (Fsp3) is 0.917. The van der Waals surface area contributed by atoms with Crippen molar-refractivity contribution in [2.24, 2.45) is 5.92 Å². The van der Waals surface area contributed by atoms with Crippen LogP contribution in [0.4, 0.5) is 8.78 Å². The molecule has 0 saturated heterocycles. The summed E-state index contributed by atoms with van der Waals surface area (Å²) in [6.07, 6.45) is 8.45. The number of esters is 2. The Bertz CT molecular complexity index is 762. The molecule has 4 unspecified atom stereocenters. The van der Waals surface area contributed by atoms with Crippen molar-refractivity contribution in [1.82, 2.24) is 0 Å². The number of alkyl halides is 2. The molecule has 0 heterocycles. The molecule has 0 aromatic carbocycles. The zero-order valence-electron chi connectivity index (χ0n) is 19.6. The van der Waals surface area contributed by atoms with Crippen LogP contribution in [-0.2, 0) is 28.5 Å². The third-order valence-electron chi connectivity index (χ3n) is 7.79. The van der Waals surface area contributed by atoms with Crippen LogP contribution in [0.25, 0.3) is 0 Å². The molecule has 9 heteroatoms. The number of rotatable bonds is 9. The Kier molecular flexibility index (Phi) is 6.55. The van der Waals surface area contributed by atoms with Crippen molar-refractivity contribution in [3.05, 3.63) is 0 Å². The Morgan fingerprint density at radius 3 is 2.21 bits per heavy atom. The van der Waals surface area contributed by atoms with Crippen molar-refractivity contribution < 1.29 is 42.4 Å². The van der Waals surface area contributed by atoms with Crippen LogP contribution in [0.2, 0.25) is 0 Å². The summed E-state index contributed by atoms with van der Waals surface area (Å²) in [5, 5.41) is 11.2. The number of carbonyl (C=O) groups is 2. The third kappa shape index (κ3) is 5.68. The van der Waals surface area contributed by atoms with Crippen molar-refractivity contribution in [3.8, 4) is 0 Å². The predicted molar refractivity (Wildman–Crippen MR) is 113 cm³/mol. The fourth-order valence-corrected chi connectivity index (χ4v) is 6.97. The first-order valence-corrected chi connectivity index (χ1v) is 12.1. The molecule has 4 bridgehead atoms. The van der Waals surface area contributed by atoms with E-state index in [9.17, 15) is 23.5 Å². The summed E-state index contributed by atoms with van der Waals surface area (Å²) < 4.78 is 48.6. The van der Waals surface area contributed by atoms with Crippen LogP contribution in [0.3, 0.4) is 0 Å². The molecule has 5 aliphatic carbocycles. The third-order valence-corrected chi connectivity index (χ3v) is 7.79. The lowest BCUT2D eigenvalue weighted by atomic mass is 9.50. The number of halogens is 2. The lowest BCUT2D eigenvalue weighted by Crippen LogP contribution is -2.67. The molecule has 5 rings (SSSR count). The highest BCUT2D eigenvalue weighted by atomic mass is 19.3. The summed E-state index contributed by atoms with van der Waals surface area (Å²) in [4.78, 5) is 23.8. The van der Waals surface area contributed by atoms with Gasteiger partial charge in [-0.25, -0.2) is 9.59 Å². The average Bonchev–Trinajstić information content (AvgIpc) is 2.67. The van der Waals surface area contributed by atoms with Gasteiger partial charge in [-0.3, -0.25) is 0 Å². The van der Waals surface area contributed by atoms with Crippen molar-refractivity contribution in [2.45, 2.75) is 113 Å². The second-order valence-corrected chi connectivity index (χ2v) is 11.2. The van der Waals surface area contributed by atoms with E-state index in [1.807, 2.05) is 6.92 Å². The lowest BCUT2D eigenvalue weighted by Gasteiger charge is -2.64. The van der Waals surface area contributed by atoms with Crippen LogP contribution < -0.4 is 0 Å². The summed E-state index contributed by atoms with van der Waals surface area (Å²) in [5.74, 6) is -5.33. The number of hydrogen-bond donors (Lipinski definition) is 1. The van der Waals surface area contributed by atoms with Crippen LogP contribution in [-0.4, -0.2) is 65.2 Å². The first-order chi connectivity index (χ1) is 15.3. The van der Waals surface area contributed by atoms with Crippen molar-refractivity contribution >= 4 is 11.9 Å². The first kappa shape index (κ1) is 24.8. The normalized spacial score (nSPS) is 37.1. The maximum atomic E-state index is 13.0. The molecule has 1 N–H and O–H groups in total. The molecule has 0 aliphatic heterocycles. The fourth-order valence-electron chi connectivity index (χ4n) is 6.97. The van der Waals surface area contributed by atoms with E-state index in [-0.39, 0.29) is 31.7 Å². The number of ether oxygens (including phenoxy) is 4. The van der Waals surface area contributed by atoms with Gasteiger partial charge in [0.2, 0.25) is 0 Å². The van der Waals surface area contributed by atoms with Gasteiger partial charge in [0.1, 0.15) is 18.8 Å². The SMILES string of the molecule is CC1(OC(=O)COC23CC4CC(O)(CC(OCCOC(=O)C(C)(F)F)(C4)C2)C3)CCCCC1. The number of hydrogen-bond acceptors (Lipinski definition) is 7. The molecule has 5 fully saturated rings. The highest BCUT2D eigenvalue weighted by Crippen LogP contribution is 2.61. The number of carbonyl (C=O) groups excluding carboxylic acids is 2. The minimum atomic E-state index is -3.54. The van der Waals surface area contributed by atoms with E-state index in [1.165, 1.54) is 0 Å². The molecule has 0 aromatic heterocycles. The van der Waals surface area contributed by atoms with E-state index in [1.54, 1.807) is 0 Å². The highest BCUT2D eigenvalue weighted by molar-refractivity contribution is 5.76. The summed E-state index contributed by atoms with van der Waals surface area (Å²) in [7, 11) is 0. The molecule has 5 aliphatic rings. The number of aliphatic hydroxyl groups is 1. The molecule has 5 saturated carbocycles. The molecular weight excluding hydrogens is 438 g/mol.